The maximum absolute atomic E-state index is 14.8. The van der Waals surface area contributed by atoms with Crippen LogP contribution in [0.15, 0.2) is 186 Å². The van der Waals surface area contributed by atoms with Crippen LogP contribution in [0.5, 0.6) is 11.5 Å². The summed E-state index contributed by atoms with van der Waals surface area (Å²) >= 11 is 1.26. The molecular weight excluding hydrogens is 925 g/mol. The first kappa shape index (κ1) is 45.8. The van der Waals surface area contributed by atoms with Gasteiger partial charge >= 0.3 is 5.97 Å². The molecule has 7 aromatic rings. The number of aromatic nitrogens is 1. The molecule has 2 unspecified atom stereocenters. The molecule has 4 heterocycles. The van der Waals surface area contributed by atoms with E-state index in [0.29, 0.717) is 34.9 Å². The fraction of sp³-hybridized carbons (Fsp3) is 0.167. The first-order valence-corrected chi connectivity index (χ1v) is 24.7. The number of hydrogen-bond acceptors (Lipinski definition) is 13. The number of hydrogen-bond donors (Lipinski definition) is 4. The minimum absolute atomic E-state index is 0.0571. The second-order valence-electron chi connectivity index (χ2n) is 17.0. The number of nitrogens with zero attached hydrogens (tertiary/aromatic N) is 4. The standard InChI is InChI=1S/C54H46N6O8S2/c1-67-58-45(42-32-69-53(55-42)57-54(39-21-11-4-12-22-39,40-23-13-5-14-24-40)41-25-15-6-16-26-41)49(63)56-46-50(64)60-47(52(65)68-48(34-17-7-2-8-18-34)35-19-9-3-10-20-35)38(33-70(66)51(46)60)31-59-29-36-27-43(61)44(62)28-37(36)30-59/h2-28,32,46,48,51,61-62H,29-31,33H2,1H3,(H,55,57)(H,56,63)/b58-45-/t46?,51-,70?/m1/s1. The van der Waals surface area contributed by atoms with Gasteiger partial charge in [-0.1, -0.05) is 157 Å². The molecule has 1 fully saturated rings. The number of rotatable bonds is 15. The van der Waals surface area contributed by atoms with Crippen LogP contribution in [0.4, 0.5) is 5.13 Å². The van der Waals surface area contributed by atoms with Gasteiger partial charge < -0.3 is 30.4 Å². The summed E-state index contributed by atoms with van der Waals surface area (Å²) in [6.45, 7) is 0.831. The number of fused-ring (bicyclic) bond motifs is 2. The van der Waals surface area contributed by atoms with Crippen molar-refractivity contribution in [1.29, 1.82) is 0 Å². The number of phenols is 2. The zero-order chi connectivity index (χ0) is 48.4. The highest BCUT2D eigenvalue weighted by Crippen LogP contribution is 2.42. The lowest BCUT2D eigenvalue weighted by Gasteiger charge is -2.49. The van der Waals surface area contributed by atoms with Gasteiger partial charge in [0, 0.05) is 25.0 Å². The molecule has 2 amide bonds. The number of esters is 1. The van der Waals surface area contributed by atoms with Crippen LogP contribution in [0.1, 0.15) is 50.7 Å². The average molecular weight is 971 g/mol. The molecule has 70 heavy (non-hydrogen) atoms. The zero-order valence-electron chi connectivity index (χ0n) is 37.7. The van der Waals surface area contributed by atoms with Crippen molar-refractivity contribution in [1.82, 2.24) is 20.1 Å². The molecule has 3 aliphatic rings. The van der Waals surface area contributed by atoms with Crippen molar-refractivity contribution in [3.63, 3.8) is 0 Å². The highest BCUT2D eigenvalue weighted by atomic mass is 32.2. The van der Waals surface area contributed by atoms with Crippen LogP contribution in [0.25, 0.3) is 0 Å². The molecule has 14 nitrogen and oxygen atoms in total. The van der Waals surface area contributed by atoms with Crippen molar-refractivity contribution in [2.24, 2.45) is 5.16 Å². The van der Waals surface area contributed by atoms with Gasteiger partial charge in [-0.2, -0.15) is 0 Å². The molecule has 1 aromatic heterocycles. The fourth-order valence-corrected chi connectivity index (χ4v) is 11.9. The van der Waals surface area contributed by atoms with Gasteiger partial charge in [0.05, 0.1) is 16.6 Å². The van der Waals surface area contributed by atoms with Gasteiger partial charge in [-0.3, -0.25) is 23.6 Å². The summed E-state index contributed by atoms with van der Waals surface area (Å²) in [5.74, 6) is -2.88. The van der Waals surface area contributed by atoms with E-state index in [9.17, 15) is 28.8 Å². The summed E-state index contributed by atoms with van der Waals surface area (Å²) in [4.78, 5) is 56.8. The van der Waals surface area contributed by atoms with E-state index in [0.717, 1.165) is 27.8 Å². The Morgan fingerprint density at radius 2 is 1.30 bits per heavy atom. The fourth-order valence-electron chi connectivity index (χ4n) is 9.47. The third-order valence-electron chi connectivity index (χ3n) is 12.7. The largest absolute Gasteiger partial charge is 0.504 e. The van der Waals surface area contributed by atoms with Crippen molar-refractivity contribution in [3.8, 4) is 11.5 Å². The molecule has 4 N–H and O–H groups in total. The molecule has 1 saturated heterocycles. The van der Waals surface area contributed by atoms with Crippen molar-refractivity contribution >= 4 is 50.8 Å². The Balaban J connectivity index is 0.942. The van der Waals surface area contributed by atoms with E-state index < -0.39 is 51.6 Å². The number of nitrogens with one attached hydrogen (secondary N) is 2. The Labute approximate surface area is 410 Å². The maximum atomic E-state index is 14.8. The Kier molecular flexibility index (Phi) is 12.8. The third kappa shape index (κ3) is 8.72. The summed E-state index contributed by atoms with van der Waals surface area (Å²) in [6.07, 6.45) is -0.855. The normalized spacial score (nSPS) is 17.9. The van der Waals surface area contributed by atoms with Crippen LogP contribution in [-0.4, -0.2) is 83.5 Å². The Morgan fingerprint density at radius 1 is 0.800 bits per heavy atom. The van der Waals surface area contributed by atoms with Crippen molar-refractivity contribution in [2.45, 2.75) is 36.1 Å². The number of thiazole rings is 1. The summed E-state index contributed by atoms with van der Waals surface area (Å²) in [7, 11) is -0.510. The SMILES string of the molecule is CO/N=C(\C(=O)NC1C(=O)N2C(C(=O)OC(c3ccccc3)c3ccccc3)=C(CN3Cc4cc(O)c(O)cc4C3)CS(=O)[C@H]12)c1csc(NC(c2ccccc2)(c2ccccc2)c2ccccc2)n1. The lowest BCUT2D eigenvalue weighted by atomic mass is 9.77. The van der Waals surface area contributed by atoms with Gasteiger partial charge in [-0.25, -0.2) is 9.78 Å². The number of benzene rings is 6. The molecular formula is C54H46N6O8S2. The van der Waals surface area contributed by atoms with Gasteiger partial charge in [-0.05, 0) is 56.6 Å². The Morgan fingerprint density at radius 3 is 1.80 bits per heavy atom. The van der Waals surface area contributed by atoms with Crippen LogP contribution in [0.3, 0.4) is 0 Å². The van der Waals surface area contributed by atoms with Crippen molar-refractivity contribution in [2.75, 3.05) is 24.7 Å². The summed E-state index contributed by atoms with van der Waals surface area (Å²) in [6, 6.07) is 50.1. The second-order valence-corrected chi connectivity index (χ2v) is 19.4. The van der Waals surface area contributed by atoms with E-state index in [1.54, 1.807) is 5.38 Å². The maximum Gasteiger partial charge on any atom is 0.356 e. The number of phenolic OH excluding ortho intramolecular Hbond substituents is 2. The number of carbonyl (C=O) groups is 3. The van der Waals surface area contributed by atoms with Crippen LogP contribution in [0, 0.1) is 0 Å². The summed E-state index contributed by atoms with van der Waals surface area (Å²) < 4.78 is 20.7. The number of oxime groups is 1. The van der Waals surface area contributed by atoms with E-state index in [-0.39, 0.29) is 40.9 Å². The van der Waals surface area contributed by atoms with Crippen LogP contribution < -0.4 is 10.6 Å². The van der Waals surface area contributed by atoms with E-state index in [2.05, 4.69) is 15.8 Å². The first-order chi connectivity index (χ1) is 34.1. The highest BCUT2D eigenvalue weighted by Gasteiger charge is 2.58. The van der Waals surface area contributed by atoms with Gasteiger partial charge in [-0.15, -0.1) is 11.3 Å². The van der Waals surface area contributed by atoms with E-state index in [1.165, 1.54) is 35.5 Å². The summed E-state index contributed by atoms with van der Waals surface area (Å²) in [5, 5.41) is 32.0. The van der Waals surface area contributed by atoms with Crippen molar-refractivity contribution in [3.05, 3.63) is 225 Å². The van der Waals surface area contributed by atoms with E-state index in [4.69, 9.17) is 14.6 Å². The van der Waals surface area contributed by atoms with Gasteiger partial charge in [0.25, 0.3) is 11.8 Å². The lowest BCUT2D eigenvalue weighted by molar-refractivity contribution is -0.154. The van der Waals surface area contributed by atoms with Crippen LogP contribution in [-0.2, 0) is 53.4 Å². The quantitative estimate of drug-likeness (QED) is 0.0202. The number of ether oxygens (including phenoxy) is 1. The highest BCUT2D eigenvalue weighted by molar-refractivity contribution is 7.86. The number of β-lactam (4-membered cyclic amide) rings is 1. The first-order valence-electron chi connectivity index (χ1n) is 22.4. The number of amides is 2. The Bertz CT molecular complexity index is 2990. The topological polar surface area (TPSA) is 183 Å². The van der Waals surface area contributed by atoms with Gasteiger partial charge in [0.15, 0.2) is 28.4 Å². The van der Waals surface area contributed by atoms with Crippen LogP contribution >= 0.6 is 11.3 Å². The summed E-state index contributed by atoms with van der Waals surface area (Å²) in [5.41, 5.74) is 5.18. The van der Waals surface area contributed by atoms with Crippen molar-refractivity contribution < 1.29 is 38.4 Å². The predicted molar refractivity (Wildman–Crippen MR) is 266 cm³/mol. The van der Waals surface area contributed by atoms with E-state index >= 15 is 0 Å². The third-order valence-corrected chi connectivity index (χ3v) is 15.1. The molecule has 0 radical (unpaired) electrons. The second kappa shape index (κ2) is 19.6. The molecule has 3 aliphatic heterocycles. The average Bonchev–Trinajstić information content (AvgIpc) is 4.02. The molecule has 0 saturated carbocycles. The molecule has 0 spiro atoms. The van der Waals surface area contributed by atoms with Gasteiger partial charge in [0.2, 0.25) is 0 Å². The van der Waals surface area contributed by atoms with E-state index in [1.807, 2.05) is 157 Å². The lowest BCUT2D eigenvalue weighted by Crippen LogP contribution is -2.74. The molecule has 16 heteroatoms. The molecule has 10 rings (SSSR count). The molecule has 0 aliphatic carbocycles. The molecule has 3 atom stereocenters. The monoisotopic (exact) mass is 970 g/mol. The minimum atomic E-state index is -1.81. The molecule has 0 bridgehead atoms. The number of anilines is 1. The van der Waals surface area contributed by atoms with Gasteiger partial charge in [0.1, 0.15) is 35.5 Å². The smallest absolute Gasteiger partial charge is 0.356 e. The number of carbonyl (C=O) groups excluding carboxylic acids is 3. The Hall–Kier alpha value is -7.92. The molecule has 352 valence electrons. The molecule has 6 aromatic carbocycles. The minimum Gasteiger partial charge on any atom is -0.504 e. The van der Waals surface area contributed by atoms with Crippen LogP contribution in [0.2, 0.25) is 0 Å². The zero-order valence-corrected chi connectivity index (χ0v) is 39.3. The predicted octanol–water partition coefficient (Wildman–Crippen LogP) is 7.33. The number of aromatic hydroxyl groups is 2.